The van der Waals surface area contributed by atoms with E-state index in [0.29, 0.717) is 25.0 Å². The van der Waals surface area contributed by atoms with E-state index in [9.17, 15) is 31.5 Å². The SMILES string of the molecule is COC[C@]1(O)C2CCC1C[C@H](S(=O)(=O)c1cc(C(=O)Nc3cc(F)c(F)c(F)c3)ccc1Cl)C2. The van der Waals surface area contributed by atoms with Gasteiger partial charge in [-0.15, -0.1) is 0 Å². The average Bonchev–Trinajstić information content (AvgIpc) is 2.93. The van der Waals surface area contributed by atoms with Gasteiger partial charge in [-0.05, 0) is 55.7 Å². The summed E-state index contributed by atoms with van der Waals surface area (Å²) in [7, 11) is -2.47. The molecule has 2 aromatic carbocycles. The number of anilines is 1. The lowest BCUT2D eigenvalue weighted by Gasteiger charge is -2.42. The summed E-state index contributed by atoms with van der Waals surface area (Å²) in [5, 5.41) is 12.4. The maximum absolute atomic E-state index is 13.5. The molecule has 6 nitrogen and oxygen atoms in total. The van der Waals surface area contributed by atoms with Crippen LogP contribution in [0.15, 0.2) is 35.2 Å². The lowest BCUT2D eigenvalue weighted by Crippen LogP contribution is -2.51. The predicted octanol–water partition coefficient (Wildman–Crippen LogP) is 4.35. The molecule has 4 rings (SSSR count). The van der Waals surface area contributed by atoms with Crippen LogP contribution < -0.4 is 5.32 Å². The summed E-state index contributed by atoms with van der Waals surface area (Å²) < 4.78 is 72.2. The zero-order valence-electron chi connectivity index (χ0n) is 18.2. The number of benzene rings is 2. The first-order chi connectivity index (χ1) is 16.0. The van der Waals surface area contributed by atoms with Crippen molar-refractivity contribution >= 4 is 33.0 Å². The number of carbonyl (C=O) groups is 1. The van der Waals surface area contributed by atoms with Gasteiger partial charge in [0.05, 0.1) is 27.4 Å². The van der Waals surface area contributed by atoms with Crippen molar-refractivity contribution in [2.24, 2.45) is 11.8 Å². The summed E-state index contributed by atoms with van der Waals surface area (Å²) >= 11 is 6.20. The molecule has 2 aromatic rings. The van der Waals surface area contributed by atoms with Gasteiger partial charge in [0.1, 0.15) is 0 Å². The first-order valence-corrected chi connectivity index (χ1v) is 12.6. The third-order valence-corrected chi connectivity index (χ3v) is 9.58. The second kappa shape index (κ2) is 9.14. The molecule has 0 heterocycles. The molecule has 0 saturated heterocycles. The van der Waals surface area contributed by atoms with E-state index in [1.807, 2.05) is 0 Å². The Balaban J connectivity index is 1.59. The molecule has 0 aliphatic heterocycles. The topological polar surface area (TPSA) is 92.7 Å². The summed E-state index contributed by atoms with van der Waals surface area (Å²) in [4.78, 5) is 12.4. The molecule has 11 heteroatoms. The Morgan fingerprint density at radius 3 is 2.29 bits per heavy atom. The van der Waals surface area contributed by atoms with Crippen molar-refractivity contribution in [3.63, 3.8) is 0 Å². The van der Waals surface area contributed by atoms with Crippen LogP contribution in [0.25, 0.3) is 0 Å². The second-order valence-corrected chi connectivity index (χ2v) is 11.5. The molecule has 0 radical (unpaired) electrons. The van der Waals surface area contributed by atoms with E-state index < -0.39 is 44.0 Å². The van der Waals surface area contributed by atoms with Crippen molar-refractivity contribution in [3.8, 4) is 0 Å². The zero-order valence-corrected chi connectivity index (χ0v) is 19.7. The first-order valence-electron chi connectivity index (χ1n) is 10.7. The number of hydrogen-bond donors (Lipinski definition) is 2. The second-order valence-electron chi connectivity index (χ2n) is 8.89. The smallest absolute Gasteiger partial charge is 0.255 e. The van der Waals surface area contributed by atoms with Gasteiger partial charge in [-0.1, -0.05) is 11.6 Å². The number of fused-ring (bicyclic) bond motifs is 2. The molecule has 2 N–H and O–H groups in total. The normalized spacial score (nSPS) is 26.5. The van der Waals surface area contributed by atoms with E-state index in [-0.39, 0.29) is 52.5 Å². The summed E-state index contributed by atoms with van der Waals surface area (Å²) in [6.45, 7) is 0.135. The van der Waals surface area contributed by atoms with E-state index in [2.05, 4.69) is 5.32 Å². The van der Waals surface area contributed by atoms with E-state index >= 15 is 0 Å². The number of rotatable bonds is 6. The van der Waals surface area contributed by atoms with E-state index in [0.717, 1.165) is 6.07 Å². The van der Waals surface area contributed by atoms with Gasteiger partial charge in [-0.3, -0.25) is 4.79 Å². The Kier molecular flexibility index (Phi) is 6.71. The number of hydrogen-bond acceptors (Lipinski definition) is 5. The molecule has 0 spiro atoms. The molecule has 2 atom stereocenters. The maximum Gasteiger partial charge on any atom is 0.255 e. The van der Waals surface area contributed by atoms with Crippen molar-refractivity contribution in [3.05, 3.63) is 58.4 Å². The molecule has 2 fully saturated rings. The van der Waals surface area contributed by atoms with Crippen molar-refractivity contribution in [1.82, 2.24) is 0 Å². The van der Waals surface area contributed by atoms with Crippen LogP contribution in [0.5, 0.6) is 0 Å². The van der Waals surface area contributed by atoms with Gasteiger partial charge in [-0.2, -0.15) is 0 Å². The Hall–Kier alpha value is -2.14. The highest BCUT2D eigenvalue weighted by Gasteiger charge is 2.55. The first kappa shape index (κ1) is 25.0. The van der Waals surface area contributed by atoms with Crippen LogP contribution in [-0.2, 0) is 14.6 Å². The van der Waals surface area contributed by atoms with Crippen LogP contribution in [0.1, 0.15) is 36.0 Å². The minimum atomic E-state index is -3.97. The number of methoxy groups -OCH3 is 1. The van der Waals surface area contributed by atoms with Gasteiger partial charge in [0.25, 0.3) is 5.91 Å². The fraction of sp³-hybridized carbons (Fsp3) is 0.435. The lowest BCUT2D eigenvalue weighted by molar-refractivity contribution is -0.104. The predicted molar refractivity (Wildman–Crippen MR) is 119 cm³/mol. The number of sulfone groups is 1. The van der Waals surface area contributed by atoms with Gasteiger partial charge in [-0.25, -0.2) is 21.6 Å². The van der Waals surface area contributed by atoms with Crippen molar-refractivity contribution in [1.29, 1.82) is 0 Å². The van der Waals surface area contributed by atoms with Crippen LogP contribution in [0.2, 0.25) is 5.02 Å². The number of aliphatic hydroxyl groups is 1. The average molecular weight is 518 g/mol. The Morgan fingerprint density at radius 1 is 1.15 bits per heavy atom. The fourth-order valence-corrected chi connectivity index (χ4v) is 7.61. The zero-order chi connectivity index (χ0) is 24.8. The van der Waals surface area contributed by atoms with Crippen molar-refractivity contribution in [2.45, 2.75) is 41.4 Å². The molecule has 2 aliphatic rings. The highest BCUT2D eigenvalue weighted by molar-refractivity contribution is 7.92. The van der Waals surface area contributed by atoms with Crippen LogP contribution in [-0.4, -0.2) is 44.0 Å². The third-order valence-electron chi connectivity index (χ3n) is 6.93. The van der Waals surface area contributed by atoms with Gasteiger partial charge >= 0.3 is 0 Å². The van der Waals surface area contributed by atoms with Crippen LogP contribution >= 0.6 is 11.6 Å². The van der Waals surface area contributed by atoms with E-state index in [4.69, 9.17) is 16.3 Å². The van der Waals surface area contributed by atoms with Gasteiger partial charge in [0.15, 0.2) is 27.3 Å². The van der Waals surface area contributed by atoms with E-state index in [1.54, 1.807) is 0 Å². The van der Waals surface area contributed by atoms with Crippen LogP contribution in [0.3, 0.4) is 0 Å². The molecule has 34 heavy (non-hydrogen) atoms. The number of amides is 1. The Labute approximate surface area is 200 Å². The van der Waals surface area contributed by atoms with E-state index in [1.165, 1.54) is 19.2 Å². The summed E-state index contributed by atoms with van der Waals surface area (Å²) in [6.07, 6.45) is 1.86. The molecule has 2 unspecified atom stereocenters. The number of nitrogens with one attached hydrogen (secondary N) is 1. The van der Waals surface area contributed by atoms with Crippen LogP contribution in [0.4, 0.5) is 18.9 Å². The number of ether oxygens (including phenoxy) is 1. The molecule has 2 aliphatic carbocycles. The molecule has 1 amide bonds. The molecule has 184 valence electrons. The number of carbonyl (C=O) groups excluding carboxylic acids is 1. The van der Waals surface area contributed by atoms with Crippen molar-refractivity contribution in [2.75, 3.05) is 19.0 Å². The number of halogens is 4. The minimum Gasteiger partial charge on any atom is -0.387 e. The van der Waals surface area contributed by atoms with Gasteiger partial charge in [0, 0.05) is 30.5 Å². The molecule has 0 aromatic heterocycles. The van der Waals surface area contributed by atoms with Crippen LogP contribution in [0, 0.1) is 29.3 Å². The summed E-state index contributed by atoms with van der Waals surface area (Å²) in [6, 6.07) is 4.87. The van der Waals surface area contributed by atoms with Gasteiger partial charge in [0.2, 0.25) is 0 Å². The van der Waals surface area contributed by atoms with Gasteiger partial charge < -0.3 is 15.2 Å². The molecular formula is C23H23ClF3NO5S. The van der Waals surface area contributed by atoms with Crippen molar-refractivity contribution < 1.29 is 36.2 Å². The molecule has 2 saturated carbocycles. The summed E-state index contributed by atoms with van der Waals surface area (Å²) in [5.41, 5.74) is -1.50. The third kappa shape index (κ3) is 4.32. The highest BCUT2D eigenvalue weighted by Crippen LogP contribution is 2.52. The lowest BCUT2D eigenvalue weighted by atomic mass is 9.75. The highest BCUT2D eigenvalue weighted by atomic mass is 35.5. The maximum atomic E-state index is 13.5. The summed E-state index contributed by atoms with van der Waals surface area (Å²) in [5.74, 6) is -5.95. The minimum absolute atomic E-state index is 0.0690. The molecule has 2 bridgehead atoms. The fourth-order valence-electron chi connectivity index (χ4n) is 5.20. The molecular weight excluding hydrogens is 495 g/mol. The quantitative estimate of drug-likeness (QED) is 0.556. The Morgan fingerprint density at radius 2 is 1.74 bits per heavy atom. The Bertz CT molecular complexity index is 1200. The standard InChI is InChI=1S/C23H23ClF3NO5S/c1-33-11-23(30)13-3-4-14(23)8-16(7-13)34(31,32)20-6-12(2-5-17(20)24)22(29)28-15-9-18(25)21(27)19(26)10-15/h2,5-6,9-10,13-14,16,30H,3-4,7-8,11H2,1H3,(H,28,29)/t13?,14?,16-,23+. The largest absolute Gasteiger partial charge is 0.387 e. The monoisotopic (exact) mass is 517 g/mol.